The molecule has 33 heavy (non-hydrogen) atoms. The predicted molar refractivity (Wildman–Crippen MR) is 131 cm³/mol. The van der Waals surface area contributed by atoms with E-state index in [-0.39, 0.29) is 28.0 Å². The third-order valence-electron chi connectivity index (χ3n) is 5.01. The number of rotatable bonds is 7. The summed E-state index contributed by atoms with van der Waals surface area (Å²) in [5.74, 6) is -1.31. The molecular weight excluding hydrogens is 503 g/mol. The van der Waals surface area contributed by atoms with Gasteiger partial charge in [0.05, 0.1) is 27.2 Å². The molecule has 4 rings (SSSR count). The molecule has 2 aromatic carbocycles. The summed E-state index contributed by atoms with van der Waals surface area (Å²) in [6.45, 7) is 1.98. The van der Waals surface area contributed by atoms with E-state index in [2.05, 4.69) is 5.10 Å². The highest BCUT2D eigenvalue weighted by Gasteiger charge is 2.28. The number of hydrazone groups is 1. The highest BCUT2D eigenvalue weighted by Crippen LogP contribution is 2.31. The summed E-state index contributed by atoms with van der Waals surface area (Å²) in [7, 11) is -3.75. The maximum atomic E-state index is 12.6. The SMILES string of the molecule is Cc1ccc(C2=NN(c3ccc(CC(=O)CS(=O)(=O)c4ccc(Cl)s4)cc3Cl)C(=O)C2)cc1. The van der Waals surface area contributed by atoms with Crippen LogP contribution in [0.1, 0.15) is 23.1 Å². The first kappa shape index (κ1) is 23.6. The molecule has 1 aliphatic rings. The van der Waals surface area contributed by atoms with E-state index in [0.29, 0.717) is 21.3 Å². The van der Waals surface area contributed by atoms with Crippen LogP contribution in [0.15, 0.2) is 63.9 Å². The molecule has 0 N–H and O–H groups in total. The Labute approximate surface area is 205 Å². The van der Waals surface area contributed by atoms with Gasteiger partial charge in [-0.05, 0) is 42.3 Å². The first-order chi connectivity index (χ1) is 15.6. The molecule has 3 aromatic rings. The maximum Gasteiger partial charge on any atom is 0.253 e. The van der Waals surface area contributed by atoms with E-state index in [1.807, 2.05) is 31.2 Å². The number of nitrogens with zero attached hydrogens (tertiary/aromatic N) is 2. The molecule has 0 atom stereocenters. The molecule has 2 heterocycles. The standard InChI is InChI=1S/C23H18Cl2N2O4S2/c1-14-2-5-16(6-3-14)19-12-22(29)27(26-19)20-7-4-15(11-18(20)24)10-17(28)13-33(30,31)23-9-8-21(25)32-23/h2-9,11H,10,12-13H2,1H3. The van der Waals surface area contributed by atoms with Crippen molar-refractivity contribution in [3.8, 4) is 0 Å². The first-order valence-electron chi connectivity index (χ1n) is 9.88. The van der Waals surface area contributed by atoms with Gasteiger partial charge in [-0.1, -0.05) is 59.1 Å². The number of sulfone groups is 1. The second-order valence-electron chi connectivity index (χ2n) is 7.61. The summed E-state index contributed by atoms with van der Waals surface area (Å²) in [6, 6.07) is 15.4. The van der Waals surface area contributed by atoms with Gasteiger partial charge in [0.1, 0.15) is 9.96 Å². The number of amides is 1. The summed E-state index contributed by atoms with van der Waals surface area (Å²) in [4.78, 5) is 25.0. The number of benzene rings is 2. The monoisotopic (exact) mass is 520 g/mol. The highest BCUT2D eigenvalue weighted by molar-refractivity contribution is 7.94. The minimum atomic E-state index is -3.75. The van der Waals surface area contributed by atoms with E-state index in [1.165, 1.54) is 17.1 Å². The molecule has 0 fully saturated rings. The van der Waals surface area contributed by atoms with Crippen molar-refractivity contribution in [1.29, 1.82) is 0 Å². The summed E-state index contributed by atoms with van der Waals surface area (Å²) in [5, 5.41) is 5.94. The van der Waals surface area contributed by atoms with Gasteiger partial charge in [0.25, 0.3) is 5.91 Å². The summed E-state index contributed by atoms with van der Waals surface area (Å²) < 4.78 is 25.2. The van der Waals surface area contributed by atoms with Crippen LogP contribution in [0.25, 0.3) is 0 Å². The van der Waals surface area contributed by atoms with Crippen LogP contribution < -0.4 is 5.01 Å². The van der Waals surface area contributed by atoms with E-state index in [4.69, 9.17) is 23.2 Å². The lowest BCUT2D eigenvalue weighted by Gasteiger charge is -2.14. The van der Waals surface area contributed by atoms with Gasteiger partial charge in [0, 0.05) is 6.42 Å². The molecule has 1 aliphatic heterocycles. The van der Waals surface area contributed by atoms with Crippen molar-refractivity contribution in [3.63, 3.8) is 0 Å². The van der Waals surface area contributed by atoms with Gasteiger partial charge in [-0.25, -0.2) is 8.42 Å². The molecule has 0 bridgehead atoms. The van der Waals surface area contributed by atoms with E-state index >= 15 is 0 Å². The lowest BCUT2D eigenvalue weighted by atomic mass is 10.1. The Morgan fingerprint density at radius 1 is 1.09 bits per heavy atom. The van der Waals surface area contributed by atoms with Crippen LogP contribution in [-0.2, 0) is 25.8 Å². The lowest BCUT2D eigenvalue weighted by molar-refractivity contribution is -0.117. The topological polar surface area (TPSA) is 83.9 Å². The van der Waals surface area contributed by atoms with Gasteiger partial charge in [-0.2, -0.15) is 10.1 Å². The fourth-order valence-electron chi connectivity index (χ4n) is 3.38. The average Bonchev–Trinajstić information content (AvgIpc) is 3.35. The predicted octanol–water partition coefficient (Wildman–Crippen LogP) is 5.09. The van der Waals surface area contributed by atoms with Crippen LogP contribution in [0.2, 0.25) is 9.36 Å². The normalized spacial score (nSPS) is 14.0. The van der Waals surface area contributed by atoms with Crippen molar-refractivity contribution in [2.45, 2.75) is 24.0 Å². The Hall–Kier alpha value is -2.52. The number of halogens is 2. The van der Waals surface area contributed by atoms with Crippen molar-refractivity contribution in [2.75, 3.05) is 10.8 Å². The molecule has 0 radical (unpaired) electrons. The largest absolute Gasteiger partial charge is 0.298 e. The van der Waals surface area contributed by atoms with Crippen LogP contribution in [-0.4, -0.2) is 31.6 Å². The maximum absolute atomic E-state index is 12.6. The highest BCUT2D eigenvalue weighted by atomic mass is 35.5. The van der Waals surface area contributed by atoms with E-state index in [0.717, 1.165) is 22.5 Å². The second kappa shape index (κ2) is 9.38. The zero-order valence-corrected chi connectivity index (χ0v) is 20.6. The smallest absolute Gasteiger partial charge is 0.253 e. The van der Waals surface area contributed by atoms with Gasteiger partial charge in [0.15, 0.2) is 15.6 Å². The van der Waals surface area contributed by atoms with Crippen molar-refractivity contribution in [2.24, 2.45) is 5.10 Å². The molecule has 0 saturated heterocycles. The number of anilines is 1. The van der Waals surface area contributed by atoms with Crippen LogP contribution in [0.5, 0.6) is 0 Å². The van der Waals surface area contributed by atoms with Gasteiger partial charge < -0.3 is 0 Å². The van der Waals surface area contributed by atoms with Crippen molar-refractivity contribution in [3.05, 3.63) is 80.6 Å². The number of ketones is 1. The fourth-order valence-corrected chi connectivity index (χ4v) is 6.48. The minimum absolute atomic E-state index is 0.0593. The van der Waals surface area contributed by atoms with Gasteiger partial charge in [0.2, 0.25) is 0 Å². The Bertz CT molecular complexity index is 1380. The number of aryl methyl sites for hydroxylation is 1. The lowest BCUT2D eigenvalue weighted by Crippen LogP contribution is -2.20. The van der Waals surface area contributed by atoms with Crippen LogP contribution in [0.4, 0.5) is 5.69 Å². The Kier molecular flexibility index (Phi) is 6.72. The number of Topliss-reactive ketones (excluding diaryl/α,β-unsaturated/α-hetero) is 1. The second-order valence-corrected chi connectivity index (χ2v) is 12.0. The number of carbonyl (C=O) groups excluding carboxylic acids is 2. The summed E-state index contributed by atoms with van der Waals surface area (Å²) >= 11 is 13.1. The van der Waals surface area contributed by atoms with E-state index < -0.39 is 21.4 Å². The quantitative estimate of drug-likeness (QED) is 0.434. The van der Waals surface area contributed by atoms with Crippen molar-refractivity contribution >= 4 is 67.5 Å². The summed E-state index contributed by atoms with van der Waals surface area (Å²) in [6.07, 6.45) is 0.0500. The molecule has 1 amide bonds. The number of hydrogen-bond donors (Lipinski definition) is 0. The molecule has 0 aliphatic carbocycles. The Balaban J connectivity index is 1.48. The molecule has 0 unspecified atom stereocenters. The molecule has 1 aromatic heterocycles. The van der Waals surface area contributed by atoms with E-state index in [9.17, 15) is 18.0 Å². The third-order valence-corrected chi connectivity index (χ3v) is 8.80. The fraction of sp³-hybridized carbons (Fsp3) is 0.174. The summed E-state index contributed by atoms with van der Waals surface area (Å²) in [5.41, 5.74) is 3.57. The van der Waals surface area contributed by atoms with Gasteiger partial charge in [-0.15, -0.1) is 11.3 Å². The zero-order chi connectivity index (χ0) is 23.8. The molecule has 0 saturated carbocycles. The van der Waals surface area contributed by atoms with Gasteiger partial charge >= 0.3 is 0 Å². The molecular formula is C23H18Cl2N2O4S2. The Morgan fingerprint density at radius 2 is 1.82 bits per heavy atom. The van der Waals surface area contributed by atoms with Crippen molar-refractivity contribution < 1.29 is 18.0 Å². The average molecular weight is 521 g/mol. The number of carbonyl (C=O) groups is 2. The molecule has 6 nitrogen and oxygen atoms in total. The number of hydrogen-bond acceptors (Lipinski definition) is 6. The van der Waals surface area contributed by atoms with Crippen molar-refractivity contribution in [1.82, 2.24) is 0 Å². The first-order valence-corrected chi connectivity index (χ1v) is 13.1. The minimum Gasteiger partial charge on any atom is -0.298 e. The zero-order valence-electron chi connectivity index (χ0n) is 17.4. The van der Waals surface area contributed by atoms with E-state index in [1.54, 1.807) is 18.2 Å². The molecule has 10 heteroatoms. The number of thiophene rings is 1. The van der Waals surface area contributed by atoms with Crippen LogP contribution in [0.3, 0.4) is 0 Å². The Morgan fingerprint density at radius 3 is 2.45 bits per heavy atom. The third kappa shape index (κ3) is 5.35. The van der Waals surface area contributed by atoms with Crippen LogP contribution in [0, 0.1) is 6.92 Å². The molecule has 0 spiro atoms. The van der Waals surface area contributed by atoms with Crippen LogP contribution >= 0.6 is 34.5 Å². The molecule has 170 valence electrons. The van der Waals surface area contributed by atoms with Gasteiger partial charge in [-0.3, -0.25) is 9.59 Å².